The molecule has 0 radical (unpaired) electrons. The first-order valence-electron chi connectivity index (χ1n) is 11.9. The van der Waals surface area contributed by atoms with Gasteiger partial charge in [0, 0.05) is 26.2 Å². The van der Waals surface area contributed by atoms with Crippen LogP contribution < -0.4 is 21.1 Å². The molecular weight excluding hydrogens is 610 g/mol. The number of rotatable bonds is 8. The fraction of sp³-hybridized carbons (Fsp3) is 0.385. The minimum atomic E-state index is -0.0330. The molecule has 0 aliphatic heterocycles. The summed E-state index contributed by atoms with van der Waals surface area (Å²) in [5.74, 6) is -0.0661. The summed E-state index contributed by atoms with van der Waals surface area (Å²) in [5, 5.41) is 32.7. The molecule has 0 aromatic heterocycles. The molecule has 212 valence electrons. The Kier molecular flexibility index (Phi) is 20.6. The van der Waals surface area contributed by atoms with Crippen LogP contribution in [0.15, 0.2) is 58.7 Å². The van der Waals surface area contributed by atoms with Crippen molar-refractivity contribution in [2.75, 3.05) is 26.2 Å². The molecule has 0 spiro atoms. The number of benzene rings is 2. The summed E-state index contributed by atoms with van der Waals surface area (Å²) in [6.45, 7) is 15.0. The van der Waals surface area contributed by atoms with Crippen LogP contribution in [0.5, 0.6) is 11.5 Å². The summed E-state index contributed by atoms with van der Waals surface area (Å²) < 4.78 is 0. The largest absolute Gasteiger partial charge is 2.00 e. The summed E-state index contributed by atoms with van der Waals surface area (Å²) in [6, 6.07) is 13.6. The number of hydrazone groups is 2. The van der Waals surface area contributed by atoms with E-state index in [9.17, 15) is 10.2 Å². The Labute approximate surface area is 257 Å². The number of nitrogens with one attached hydrogen (secondary N) is 2. The predicted octanol–water partition coefficient (Wildman–Crippen LogP) is 3.40. The monoisotopic (exact) mass is 644 g/mol. The second-order valence-corrected chi connectivity index (χ2v) is 8.34. The molecule has 38 heavy (non-hydrogen) atoms. The summed E-state index contributed by atoms with van der Waals surface area (Å²) in [4.78, 5) is 3.96. The fourth-order valence-electron chi connectivity index (χ4n) is 3.08. The third-order valence-corrected chi connectivity index (χ3v) is 5.99. The molecule has 0 fully saturated rings. The van der Waals surface area contributed by atoms with E-state index in [0.717, 1.165) is 26.2 Å². The Morgan fingerprint density at radius 2 is 0.947 bits per heavy atom. The summed E-state index contributed by atoms with van der Waals surface area (Å²) in [6.07, 6.45) is 0. The van der Waals surface area contributed by atoms with Gasteiger partial charge in [-0.05, 0) is 77.1 Å². The van der Waals surface area contributed by atoms with Crippen molar-refractivity contribution in [2.24, 2.45) is 10.2 Å². The van der Waals surface area contributed by atoms with E-state index in [1.165, 1.54) is 12.1 Å². The normalized spacial score (nSPS) is 10.6. The maximum atomic E-state index is 11.6. The van der Waals surface area contributed by atoms with Crippen LogP contribution in [0.25, 0.3) is 0 Å². The second kappa shape index (κ2) is 20.7. The third-order valence-electron chi connectivity index (χ3n) is 5.29. The molecule has 0 unspecified atom stereocenters. The van der Waals surface area contributed by atoms with Crippen LogP contribution in [0.1, 0.15) is 52.7 Å². The van der Waals surface area contributed by atoms with E-state index in [-0.39, 0.29) is 44.5 Å². The molecule has 2 aromatic carbocycles. The van der Waals surface area contributed by atoms with E-state index < -0.39 is 0 Å². The Hall–Kier alpha value is -2.25. The molecule has 0 saturated carbocycles. The van der Waals surface area contributed by atoms with E-state index in [2.05, 4.69) is 21.1 Å². The van der Waals surface area contributed by atoms with Gasteiger partial charge in [0.25, 0.3) is 0 Å². The number of nitrogens with zero attached hydrogens (tertiary/aromatic N) is 4. The van der Waals surface area contributed by atoms with Crippen LogP contribution >= 0.6 is 24.4 Å². The summed E-state index contributed by atoms with van der Waals surface area (Å²) in [7, 11) is 0. The topological polar surface area (TPSA) is 101 Å². The Balaban J connectivity index is 0. The summed E-state index contributed by atoms with van der Waals surface area (Å²) >= 11 is 10.4. The quantitative estimate of drug-likeness (QED) is 0.195. The minimum absolute atomic E-state index is 0. The predicted molar refractivity (Wildman–Crippen MR) is 154 cm³/mol. The molecule has 12 heteroatoms. The van der Waals surface area contributed by atoms with Gasteiger partial charge in [-0.2, -0.15) is 10.2 Å². The van der Waals surface area contributed by atoms with Crippen LogP contribution in [-0.4, -0.2) is 57.6 Å². The van der Waals surface area contributed by atoms with Crippen molar-refractivity contribution in [3.63, 3.8) is 0 Å². The molecule has 0 bridgehead atoms. The van der Waals surface area contributed by atoms with Crippen LogP contribution in [0.4, 0.5) is 0 Å². The van der Waals surface area contributed by atoms with E-state index in [1.807, 2.05) is 49.6 Å². The smallest absolute Gasteiger partial charge is 0.872 e. The van der Waals surface area contributed by atoms with Gasteiger partial charge in [0.05, 0.1) is 11.4 Å². The van der Waals surface area contributed by atoms with Gasteiger partial charge in [0.15, 0.2) is 10.2 Å². The SMILES string of the molecule is CCN(CC)C(=S)NN=C(C)c1ccccc1[O-].CCN(CC)C(=S)NN=C(C)c1ccccc1[O-].[Ni+2].[Ni+2]. The number of thiocarbonyl (C=S) groups is 2. The van der Waals surface area contributed by atoms with Crippen LogP contribution in [0.2, 0.25) is 0 Å². The molecule has 8 nitrogen and oxygen atoms in total. The first kappa shape index (κ1) is 37.9. The first-order chi connectivity index (χ1) is 17.2. The molecule has 0 aliphatic carbocycles. The second-order valence-electron chi connectivity index (χ2n) is 7.57. The van der Waals surface area contributed by atoms with E-state index in [0.29, 0.717) is 32.8 Å². The molecule has 0 heterocycles. The number of hydrogen-bond acceptors (Lipinski definition) is 6. The molecule has 0 aliphatic rings. The molecule has 2 N–H and O–H groups in total. The van der Waals surface area contributed by atoms with Gasteiger partial charge in [0.1, 0.15) is 0 Å². The standard InChI is InChI=1S/2C13H19N3OS.2Ni/c2*1-4-16(5-2)13(18)15-14-10(3)11-8-6-7-9-12(11)17;;/h2*6-9,17H,4-5H2,1-3H3,(H,15,18);;/q;;2*+2/p-2. The van der Waals surface area contributed by atoms with Gasteiger partial charge in [0.2, 0.25) is 0 Å². The Morgan fingerprint density at radius 3 is 1.21 bits per heavy atom. The van der Waals surface area contributed by atoms with E-state index in [1.54, 1.807) is 38.1 Å². The zero-order valence-electron chi connectivity index (χ0n) is 22.5. The number of para-hydroxylation sites is 2. The number of hydrogen-bond donors (Lipinski definition) is 2. The van der Waals surface area contributed by atoms with Crippen LogP contribution in [0, 0.1) is 0 Å². The molecule has 0 saturated heterocycles. The maximum absolute atomic E-state index is 11.6. The van der Waals surface area contributed by atoms with Crippen molar-refractivity contribution in [2.45, 2.75) is 41.5 Å². The van der Waals surface area contributed by atoms with Gasteiger partial charge in [-0.1, -0.05) is 60.0 Å². The van der Waals surface area contributed by atoms with Crippen LogP contribution in [0.3, 0.4) is 0 Å². The Morgan fingerprint density at radius 1 is 0.658 bits per heavy atom. The van der Waals surface area contributed by atoms with Gasteiger partial charge in [-0.15, -0.1) is 0 Å². The van der Waals surface area contributed by atoms with E-state index in [4.69, 9.17) is 24.4 Å². The maximum Gasteiger partial charge on any atom is 2.00 e. The first-order valence-corrected chi connectivity index (χ1v) is 12.7. The Bertz CT molecular complexity index is 978. The fourth-order valence-corrected chi connectivity index (χ4v) is 3.69. The molecule has 0 amide bonds. The minimum Gasteiger partial charge on any atom is -0.872 e. The molecular formula is C26H36N6Ni2O2S2+2. The van der Waals surface area contributed by atoms with Gasteiger partial charge >= 0.3 is 33.0 Å². The zero-order valence-corrected chi connectivity index (χ0v) is 26.1. The van der Waals surface area contributed by atoms with Crippen molar-refractivity contribution in [1.29, 1.82) is 0 Å². The van der Waals surface area contributed by atoms with E-state index >= 15 is 0 Å². The van der Waals surface area contributed by atoms with Crippen LogP contribution in [-0.2, 0) is 33.0 Å². The zero-order chi connectivity index (χ0) is 27.1. The van der Waals surface area contributed by atoms with Crippen molar-refractivity contribution >= 4 is 46.1 Å². The van der Waals surface area contributed by atoms with Crippen molar-refractivity contribution < 1.29 is 43.2 Å². The summed E-state index contributed by atoms with van der Waals surface area (Å²) in [5.41, 5.74) is 8.08. The molecule has 0 atom stereocenters. The van der Waals surface area contributed by atoms with Crippen molar-refractivity contribution in [3.8, 4) is 11.5 Å². The van der Waals surface area contributed by atoms with Crippen molar-refractivity contribution in [1.82, 2.24) is 20.7 Å². The van der Waals surface area contributed by atoms with Crippen molar-refractivity contribution in [3.05, 3.63) is 59.7 Å². The molecule has 2 aromatic rings. The van der Waals surface area contributed by atoms with Gasteiger partial charge in [-0.25, -0.2) is 0 Å². The van der Waals surface area contributed by atoms with Gasteiger partial charge in [-0.3, -0.25) is 10.9 Å². The average molecular weight is 646 g/mol. The van der Waals surface area contributed by atoms with Gasteiger partial charge < -0.3 is 20.0 Å². The average Bonchev–Trinajstić information content (AvgIpc) is 2.88. The molecule has 2 rings (SSSR count). The third kappa shape index (κ3) is 12.5.